The quantitative estimate of drug-likeness (QED) is 0.420. The van der Waals surface area contributed by atoms with E-state index in [0.717, 1.165) is 12.3 Å². The number of aromatic nitrogens is 2. The van der Waals surface area contributed by atoms with Gasteiger partial charge in [0.2, 0.25) is 0 Å². The minimum atomic E-state index is -4.79. The third kappa shape index (κ3) is 5.51. The Morgan fingerprint density at radius 3 is 2.35 bits per heavy atom. The van der Waals surface area contributed by atoms with Gasteiger partial charge in [0.05, 0.1) is 18.1 Å². The zero-order chi connectivity index (χ0) is 19.5. The van der Waals surface area contributed by atoms with E-state index in [2.05, 4.69) is 20.1 Å². The summed E-state index contributed by atoms with van der Waals surface area (Å²) in [6.07, 6.45) is -2.38. The standard InChI is InChI=1S/C14H10BrF5N4O2/c1-7-4-8(26-14(18,19)20)2-3-9(7)10-5-22-11(6-21-10)23-24-12(25)13(15,16)17/h2-6H,1H3,(H,22,23)(H,24,25). The number of carbonyl (C=O) groups is 1. The SMILES string of the molecule is Cc1cc(OC(F)(F)F)ccc1-c1cnc(NNC(=O)C(F)(F)Br)cn1. The summed E-state index contributed by atoms with van der Waals surface area (Å²) in [7, 11) is 0. The number of hydrogen-bond acceptors (Lipinski definition) is 5. The minimum Gasteiger partial charge on any atom is -0.406 e. The van der Waals surface area contributed by atoms with Crippen LogP contribution >= 0.6 is 15.9 Å². The van der Waals surface area contributed by atoms with Crippen molar-refractivity contribution in [3.05, 3.63) is 36.2 Å². The second-order valence-corrected chi connectivity index (χ2v) is 5.88. The lowest BCUT2D eigenvalue weighted by Gasteiger charge is -2.12. The van der Waals surface area contributed by atoms with Crippen molar-refractivity contribution < 1.29 is 31.5 Å². The lowest BCUT2D eigenvalue weighted by molar-refractivity contribution is -0.274. The summed E-state index contributed by atoms with van der Waals surface area (Å²) in [6, 6.07) is 3.69. The maximum atomic E-state index is 12.6. The molecule has 0 aliphatic carbocycles. The Morgan fingerprint density at radius 1 is 1.15 bits per heavy atom. The summed E-state index contributed by atoms with van der Waals surface area (Å²) in [5.74, 6) is -2.02. The van der Waals surface area contributed by atoms with Crippen LogP contribution in [0.5, 0.6) is 5.75 Å². The third-order valence-corrected chi connectivity index (χ3v) is 3.28. The van der Waals surface area contributed by atoms with Gasteiger partial charge >= 0.3 is 17.1 Å². The van der Waals surface area contributed by atoms with E-state index in [1.807, 2.05) is 15.9 Å². The molecule has 1 aromatic heterocycles. The van der Waals surface area contributed by atoms with E-state index in [0.29, 0.717) is 16.8 Å². The van der Waals surface area contributed by atoms with Crippen LogP contribution in [0, 0.1) is 6.92 Å². The first kappa shape index (κ1) is 19.8. The van der Waals surface area contributed by atoms with Crippen LogP contribution in [0.1, 0.15) is 5.56 Å². The van der Waals surface area contributed by atoms with Gasteiger partial charge in [0.15, 0.2) is 5.82 Å². The molecule has 2 aromatic rings. The van der Waals surface area contributed by atoms with Crippen molar-refractivity contribution in [2.24, 2.45) is 0 Å². The molecule has 0 radical (unpaired) electrons. The van der Waals surface area contributed by atoms with E-state index < -0.39 is 17.1 Å². The summed E-state index contributed by atoms with van der Waals surface area (Å²) in [5, 5.41) is 0. The van der Waals surface area contributed by atoms with Gasteiger partial charge in [0, 0.05) is 21.5 Å². The van der Waals surface area contributed by atoms with Gasteiger partial charge in [-0.2, -0.15) is 8.78 Å². The van der Waals surface area contributed by atoms with Gasteiger partial charge in [-0.1, -0.05) is 0 Å². The fourth-order valence-electron chi connectivity index (χ4n) is 1.84. The van der Waals surface area contributed by atoms with Crippen LogP contribution in [0.3, 0.4) is 0 Å². The van der Waals surface area contributed by atoms with Crippen molar-refractivity contribution in [3.63, 3.8) is 0 Å². The highest BCUT2D eigenvalue weighted by atomic mass is 79.9. The molecule has 1 amide bonds. The van der Waals surface area contributed by atoms with Gasteiger partial charge in [-0.05, 0) is 30.7 Å². The largest absolute Gasteiger partial charge is 0.573 e. The van der Waals surface area contributed by atoms with E-state index in [1.165, 1.54) is 18.3 Å². The first-order valence-corrected chi connectivity index (χ1v) is 7.57. The summed E-state index contributed by atoms with van der Waals surface area (Å²) in [4.78, 5) is 15.1. The molecule has 0 saturated heterocycles. The molecule has 0 fully saturated rings. The minimum absolute atomic E-state index is 0.0199. The van der Waals surface area contributed by atoms with Crippen molar-refractivity contribution in [2.75, 3.05) is 5.43 Å². The number of rotatable bonds is 5. The molecule has 1 aromatic carbocycles. The number of anilines is 1. The Hall–Kier alpha value is -2.50. The molecule has 2 N–H and O–H groups in total. The number of amides is 1. The number of aryl methyl sites for hydroxylation is 1. The zero-order valence-electron chi connectivity index (χ0n) is 12.9. The molecule has 26 heavy (non-hydrogen) atoms. The Bertz CT molecular complexity index is 793. The summed E-state index contributed by atoms with van der Waals surface area (Å²) < 4.78 is 65.7. The summed E-state index contributed by atoms with van der Waals surface area (Å²) >= 11 is 1.89. The normalized spacial score (nSPS) is 11.8. The highest BCUT2D eigenvalue weighted by Gasteiger charge is 2.35. The second-order valence-electron chi connectivity index (χ2n) is 4.89. The van der Waals surface area contributed by atoms with E-state index >= 15 is 0 Å². The van der Waals surface area contributed by atoms with Crippen LogP contribution in [0.25, 0.3) is 11.3 Å². The molecule has 0 spiro atoms. The van der Waals surface area contributed by atoms with Crippen LogP contribution in [0.2, 0.25) is 0 Å². The van der Waals surface area contributed by atoms with Gasteiger partial charge < -0.3 is 4.74 Å². The van der Waals surface area contributed by atoms with Gasteiger partial charge in [0.25, 0.3) is 0 Å². The zero-order valence-corrected chi connectivity index (χ0v) is 14.5. The Labute approximate surface area is 151 Å². The molecule has 0 atom stereocenters. The monoisotopic (exact) mass is 440 g/mol. The fraction of sp³-hybridized carbons (Fsp3) is 0.214. The molecular weight excluding hydrogens is 431 g/mol. The number of nitrogens with one attached hydrogen (secondary N) is 2. The number of nitrogens with zero attached hydrogens (tertiary/aromatic N) is 2. The van der Waals surface area contributed by atoms with Crippen LogP contribution < -0.4 is 15.6 Å². The molecule has 0 bridgehead atoms. The van der Waals surface area contributed by atoms with Gasteiger partial charge in [-0.25, -0.2) is 4.98 Å². The van der Waals surface area contributed by atoms with Gasteiger partial charge in [-0.3, -0.25) is 20.6 Å². The second kappa shape index (κ2) is 7.40. The molecular formula is C14H10BrF5N4O2. The first-order valence-electron chi connectivity index (χ1n) is 6.78. The number of carbonyl (C=O) groups excluding carboxylic acids is 1. The number of ether oxygens (including phenoxy) is 1. The number of halogens is 6. The topological polar surface area (TPSA) is 76.1 Å². The highest BCUT2D eigenvalue weighted by Crippen LogP contribution is 2.29. The molecule has 0 saturated carbocycles. The molecule has 140 valence electrons. The maximum absolute atomic E-state index is 12.6. The van der Waals surface area contributed by atoms with Crippen LogP contribution in [-0.2, 0) is 4.79 Å². The van der Waals surface area contributed by atoms with Crippen molar-refractivity contribution >= 4 is 27.7 Å². The van der Waals surface area contributed by atoms with E-state index in [1.54, 1.807) is 12.3 Å². The average Bonchev–Trinajstić information content (AvgIpc) is 2.51. The number of benzene rings is 1. The predicted octanol–water partition coefficient (Wildman–Crippen LogP) is 3.78. The molecule has 6 nitrogen and oxygen atoms in total. The molecule has 2 rings (SSSR count). The Morgan fingerprint density at radius 2 is 1.85 bits per heavy atom. The first-order chi connectivity index (χ1) is 12.0. The van der Waals surface area contributed by atoms with Crippen LogP contribution in [-0.4, -0.2) is 27.1 Å². The summed E-state index contributed by atoms with van der Waals surface area (Å²) in [6.45, 7) is 1.56. The fourth-order valence-corrected chi connectivity index (χ4v) is 1.94. The Kier molecular flexibility index (Phi) is 5.64. The Balaban J connectivity index is 2.09. The van der Waals surface area contributed by atoms with Crippen molar-refractivity contribution in [1.82, 2.24) is 15.4 Å². The van der Waals surface area contributed by atoms with Crippen LogP contribution in [0.4, 0.5) is 27.8 Å². The lowest BCUT2D eigenvalue weighted by Crippen LogP contribution is -2.39. The molecule has 0 unspecified atom stereocenters. The van der Waals surface area contributed by atoms with Crippen molar-refractivity contribution in [3.8, 4) is 17.0 Å². The smallest absolute Gasteiger partial charge is 0.406 e. The molecule has 0 aliphatic heterocycles. The maximum Gasteiger partial charge on any atom is 0.573 e. The van der Waals surface area contributed by atoms with Gasteiger partial charge in [-0.15, -0.1) is 13.2 Å². The van der Waals surface area contributed by atoms with Crippen LogP contribution in [0.15, 0.2) is 30.6 Å². The molecule has 1 heterocycles. The number of alkyl halides is 6. The predicted molar refractivity (Wildman–Crippen MR) is 84.5 cm³/mol. The van der Waals surface area contributed by atoms with E-state index in [-0.39, 0.29) is 11.6 Å². The number of hydrogen-bond donors (Lipinski definition) is 2. The highest BCUT2D eigenvalue weighted by molar-refractivity contribution is 9.10. The average molecular weight is 441 g/mol. The molecule has 12 heteroatoms. The van der Waals surface area contributed by atoms with E-state index in [4.69, 9.17) is 0 Å². The van der Waals surface area contributed by atoms with Crippen molar-refractivity contribution in [1.29, 1.82) is 0 Å². The molecule has 0 aliphatic rings. The third-order valence-electron chi connectivity index (χ3n) is 2.92. The summed E-state index contributed by atoms with van der Waals surface area (Å²) in [5.41, 5.74) is 5.15. The van der Waals surface area contributed by atoms with E-state index in [9.17, 15) is 26.7 Å². The van der Waals surface area contributed by atoms with Crippen molar-refractivity contribution in [2.45, 2.75) is 18.1 Å². The lowest BCUT2D eigenvalue weighted by atomic mass is 10.1. The number of hydrazine groups is 1. The van der Waals surface area contributed by atoms with Gasteiger partial charge in [0.1, 0.15) is 5.75 Å².